The van der Waals surface area contributed by atoms with Crippen molar-refractivity contribution in [3.8, 4) is 0 Å². The first kappa shape index (κ1) is 10.0. The SMILES string of the molecule is CC(C)CCN1CC(=O)NCC1=O. The molecule has 1 saturated heterocycles. The van der Waals surface area contributed by atoms with Crippen LogP contribution in [-0.4, -0.2) is 36.3 Å². The van der Waals surface area contributed by atoms with Crippen molar-refractivity contribution in [3.63, 3.8) is 0 Å². The predicted octanol–water partition coefficient (Wildman–Crippen LogP) is -0.00910. The first-order chi connectivity index (χ1) is 6.09. The molecule has 0 aromatic rings. The van der Waals surface area contributed by atoms with E-state index in [1.807, 2.05) is 0 Å². The van der Waals surface area contributed by atoms with E-state index < -0.39 is 0 Å². The Kier molecular flexibility index (Phi) is 3.28. The molecule has 74 valence electrons. The zero-order chi connectivity index (χ0) is 9.84. The number of nitrogens with zero attached hydrogens (tertiary/aromatic N) is 1. The van der Waals surface area contributed by atoms with Crippen molar-refractivity contribution in [1.82, 2.24) is 10.2 Å². The Morgan fingerprint density at radius 1 is 1.46 bits per heavy atom. The molecule has 1 aliphatic rings. The Bertz CT molecular complexity index is 214. The molecule has 0 aromatic heterocycles. The van der Waals surface area contributed by atoms with Crippen LogP contribution in [0, 0.1) is 5.92 Å². The molecule has 0 radical (unpaired) electrons. The average Bonchev–Trinajstić information content (AvgIpc) is 2.06. The number of rotatable bonds is 3. The summed E-state index contributed by atoms with van der Waals surface area (Å²) >= 11 is 0. The Hall–Kier alpha value is -1.06. The molecule has 4 nitrogen and oxygen atoms in total. The van der Waals surface area contributed by atoms with Crippen LogP contribution < -0.4 is 5.32 Å². The first-order valence-electron chi connectivity index (χ1n) is 4.64. The molecule has 1 heterocycles. The Morgan fingerprint density at radius 3 is 2.77 bits per heavy atom. The largest absolute Gasteiger partial charge is 0.345 e. The van der Waals surface area contributed by atoms with Crippen LogP contribution in [0.2, 0.25) is 0 Å². The van der Waals surface area contributed by atoms with Crippen LogP contribution in [0.3, 0.4) is 0 Å². The summed E-state index contributed by atoms with van der Waals surface area (Å²) in [7, 11) is 0. The summed E-state index contributed by atoms with van der Waals surface area (Å²) in [6, 6.07) is 0. The minimum Gasteiger partial charge on any atom is -0.345 e. The lowest BCUT2D eigenvalue weighted by atomic mass is 10.1. The molecule has 1 rings (SSSR count). The standard InChI is InChI=1S/C9H16N2O2/c1-7(2)3-4-11-6-8(12)10-5-9(11)13/h7H,3-6H2,1-2H3,(H,10,12). The third-order valence-electron chi connectivity index (χ3n) is 2.10. The summed E-state index contributed by atoms with van der Waals surface area (Å²) in [5.74, 6) is 0.543. The highest BCUT2D eigenvalue weighted by Gasteiger charge is 2.22. The van der Waals surface area contributed by atoms with Crippen LogP contribution in [0.1, 0.15) is 20.3 Å². The van der Waals surface area contributed by atoms with E-state index in [1.165, 1.54) is 0 Å². The van der Waals surface area contributed by atoms with Crippen molar-refractivity contribution in [1.29, 1.82) is 0 Å². The highest BCUT2D eigenvalue weighted by atomic mass is 16.2. The van der Waals surface area contributed by atoms with E-state index in [2.05, 4.69) is 19.2 Å². The lowest BCUT2D eigenvalue weighted by Gasteiger charge is -2.27. The molecule has 0 bridgehead atoms. The van der Waals surface area contributed by atoms with E-state index in [1.54, 1.807) is 4.90 Å². The summed E-state index contributed by atoms with van der Waals surface area (Å²) in [5, 5.41) is 2.52. The van der Waals surface area contributed by atoms with E-state index in [9.17, 15) is 9.59 Å². The Morgan fingerprint density at radius 2 is 2.15 bits per heavy atom. The van der Waals surface area contributed by atoms with Gasteiger partial charge in [-0.15, -0.1) is 0 Å². The molecule has 1 N–H and O–H groups in total. The minimum absolute atomic E-state index is 0.0280. The van der Waals surface area contributed by atoms with Gasteiger partial charge < -0.3 is 10.2 Å². The van der Waals surface area contributed by atoms with Crippen molar-refractivity contribution in [2.45, 2.75) is 20.3 Å². The highest BCUT2D eigenvalue weighted by molar-refractivity contribution is 5.92. The second-order valence-corrected chi connectivity index (χ2v) is 3.77. The summed E-state index contributed by atoms with van der Waals surface area (Å²) < 4.78 is 0. The molecule has 0 aliphatic carbocycles. The van der Waals surface area contributed by atoms with Crippen LogP contribution in [0.25, 0.3) is 0 Å². The van der Waals surface area contributed by atoms with E-state index in [-0.39, 0.29) is 24.9 Å². The molecule has 4 heteroatoms. The van der Waals surface area contributed by atoms with Crippen molar-refractivity contribution in [2.24, 2.45) is 5.92 Å². The molecular weight excluding hydrogens is 168 g/mol. The maximum atomic E-state index is 11.3. The number of carbonyl (C=O) groups is 2. The topological polar surface area (TPSA) is 49.4 Å². The molecular formula is C9H16N2O2. The molecule has 0 saturated carbocycles. The fourth-order valence-electron chi connectivity index (χ4n) is 1.22. The molecule has 1 fully saturated rings. The van der Waals surface area contributed by atoms with Gasteiger partial charge in [-0.2, -0.15) is 0 Å². The quantitative estimate of drug-likeness (QED) is 0.670. The van der Waals surface area contributed by atoms with Gasteiger partial charge in [0.05, 0.1) is 13.1 Å². The third kappa shape index (κ3) is 3.05. The number of nitrogens with one attached hydrogen (secondary N) is 1. The second-order valence-electron chi connectivity index (χ2n) is 3.77. The molecule has 2 amide bonds. The number of hydrogen-bond acceptors (Lipinski definition) is 2. The van der Waals surface area contributed by atoms with E-state index in [0.29, 0.717) is 12.5 Å². The van der Waals surface area contributed by atoms with Crippen molar-refractivity contribution in [2.75, 3.05) is 19.6 Å². The molecule has 0 spiro atoms. The number of piperazine rings is 1. The van der Waals surface area contributed by atoms with Gasteiger partial charge in [0.25, 0.3) is 0 Å². The van der Waals surface area contributed by atoms with Gasteiger partial charge >= 0.3 is 0 Å². The number of hydrogen-bond donors (Lipinski definition) is 1. The zero-order valence-corrected chi connectivity index (χ0v) is 8.17. The first-order valence-corrected chi connectivity index (χ1v) is 4.64. The fraction of sp³-hybridized carbons (Fsp3) is 0.778. The normalized spacial score (nSPS) is 17.9. The highest BCUT2D eigenvalue weighted by Crippen LogP contribution is 2.03. The predicted molar refractivity (Wildman–Crippen MR) is 49.0 cm³/mol. The summed E-state index contributed by atoms with van der Waals surface area (Å²) in [5.41, 5.74) is 0. The Labute approximate surface area is 78.3 Å². The monoisotopic (exact) mass is 184 g/mol. The van der Waals surface area contributed by atoms with Gasteiger partial charge in [0.15, 0.2) is 0 Å². The number of carbonyl (C=O) groups excluding carboxylic acids is 2. The molecule has 0 atom stereocenters. The summed E-state index contributed by atoms with van der Waals surface area (Å²) in [4.78, 5) is 23.8. The van der Waals surface area contributed by atoms with Crippen LogP contribution in [0.5, 0.6) is 0 Å². The molecule has 13 heavy (non-hydrogen) atoms. The zero-order valence-electron chi connectivity index (χ0n) is 8.17. The fourth-order valence-corrected chi connectivity index (χ4v) is 1.22. The lowest BCUT2D eigenvalue weighted by molar-refractivity contribution is -0.140. The average molecular weight is 184 g/mol. The van der Waals surface area contributed by atoms with Crippen LogP contribution in [0.15, 0.2) is 0 Å². The summed E-state index contributed by atoms with van der Waals surface area (Å²) in [6.45, 7) is 5.30. The van der Waals surface area contributed by atoms with Crippen LogP contribution in [-0.2, 0) is 9.59 Å². The smallest absolute Gasteiger partial charge is 0.242 e. The second kappa shape index (κ2) is 4.25. The van der Waals surface area contributed by atoms with Gasteiger partial charge in [-0.1, -0.05) is 13.8 Å². The van der Waals surface area contributed by atoms with Gasteiger partial charge in [0.1, 0.15) is 0 Å². The maximum absolute atomic E-state index is 11.3. The van der Waals surface area contributed by atoms with Gasteiger partial charge in [-0.25, -0.2) is 0 Å². The molecule has 1 aliphatic heterocycles. The molecule has 0 unspecified atom stereocenters. The third-order valence-corrected chi connectivity index (χ3v) is 2.10. The number of amides is 2. The van der Waals surface area contributed by atoms with Crippen LogP contribution >= 0.6 is 0 Å². The lowest BCUT2D eigenvalue weighted by Crippen LogP contribution is -2.51. The molecule has 0 aromatic carbocycles. The van der Waals surface area contributed by atoms with Crippen molar-refractivity contribution in [3.05, 3.63) is 0 Å². The van der Waals surface area contributed by atoms with Gasteiger partial charge in [0, 0.05) is 6.54 Å². The van der Waals surface area contributed by atoms with E-state index in [4.69, 9.17) is 0 Å². The van der Waals surface area contributed by atoms with Crippen molar-refractivity contribution < 1.29 is 9.59 Å². The minimum atomic E-state index is -0.0524. The van der Waals surface area contributed by atoms with Crippen molar-refractivity contribution >= 4 is 11.8 Å². The van der Waals surface area contributed by atoms with E-state index in [0.717, 1.165) is 6.42 Å². The van der Waals surface area contributed by atoms with E-state index >= 15 is 0 Å². The van der Waals surface area contributed by atoms with Gasteiger partial charge in [0.2, 0.25) is 11.8 Å². The maximum Gasteiger partial charge on any atom is 0.242 e. The summed E-state index contributed by atoms with van der Waals surface area (Å²) in [6.07, 6.45) is 0.957. The van der Waals surface area contributed by atoms with Gasteiger partial charge in [-0.05, 0) is 12.3 Å². The van der Waals surface area contributed by atoms with Gasteiger partial charge in [-0.3, -0.25) is 9.59 Å². The van der Waals surface area contributed by atoms with Crippen LogP contribution in [0.4, 0.5) is 0 Å². The Balaban J connectivity index is 2.38.